The molecule has 1 aromatic rings. The van der Waals surface area contributed by atoms with Gasteiger partial charge in [-0.05, 0) is 38.5 Å². The van der Waals surface area contributed by atoms with Crippen molar-refractivity contribution in [3.8, 4) is 0 Å². The van der Waals surface area contributed by atoms with E-state index in [1.54, 1.807) is 0 Å². The summed E-state index contributed by atoms with van der Waals surface area (Å²) in [5.74, 6) is 1.85. The van der Waals surface area contributed by atoms with Crippen molar-refractivity contribution < 1.29 is 14.4 Å². The van der Waals surface area contributed by atoms with Gasteiger partial charge in [0, 0.05) is 13.2 Å². The van der Waals surface area contributed by atoms with Crippen LogP contribution in [-0.4, -0.2) is 34.5 Å². The molecule has 0 bridgehead atoms. The van der Waals surface area contributed by atoms with Crippen molar-refractivity contribution in [1.29, 1.82) is 0 Å². The number of aliphatic hydroxyl groups excluding tert-OH is 1. The van der Waals surface area contributed by atoms with Gasteiger partial charge in [-0.15, -0.1) is 0 Å². The van der Waals surface area contributed by atoms with E-state index >= 15 is 0 Å². The first-order valence-electron chi connectivity index (χ1n) is 8.02. The van der Waals surface area contributed by atoms with E-state index in [1.807, 2.05) is 6.92 Å². The predicted octanol–water partition coefficient (Wildman–Crippen LogP) is 1.91. The zero-order chi connectivity index (χ0) is 14.9. The van der Waals surface area contributed by atoms with E-state index in [1.165, 1.54) is 6.42 Å². The van der Waals surface area contributed by atoms with Crippen LogP contribution in [0.1, 0.15) is 63.7 Å². The first kappa shape index (κ1) is 14.9. The number of ether oxygens (including phenoxy) is 1. The maximum atomic E-state index is 9.61. The molecule has 2 heterocycles. The molecule has 118 valence electrons. The zero-order valence-corrected chi connectivity index (χ0v) is 12.8. The molecule has 3 rings (SSSR count). The summed E-state index contributed by atoms with van der Waals surface area (Å²) < 4.78 is 11.5. The fraction of sp³-hybridized carbons (Fsp3) is 0.867. The van der Waals surface area contributed by atoms with Crippen LogP contribution in [0.25, 0.3) is 0 Å². The van der Waals surface area contributed by atoms with Crippen LogP contribution in [0.4, 0.5) is 0 Å². The maximum absolute atomic E-state index is 9.61. The van der Waals surface area contributed by atoms with Crippen molar-refractivity contribution in [2.45, 2.75) is 63.7 Å². The lowest BCUT2D eigenvalue weighted by Crippen LogP contribution is -2.36. The number of rotatable bonds is 4. The fourth-order valence-corrected chi connectivity index (χ4v) is 3.65. The average molecular weight is 295 g/mol. The summed E-state index contributed by atoms with van der Waals surface area (Å²) >= 11 is 0. The monoisotopic (exact) mass is 295 g/mol. The molecule has 6 nitrogen and oxygen atoms in total. The molecule has 1 saturated carbocycles. The van der Waals surface area contributed by atoms with Gasteiger partial charge in [-0.1, -0.05) is 18.5 Å². The molecule has 1 aromatic heterocycles. The summed E-state index contributed by atoms with van der Waals surface area (Å²) in [4.78, 5) is 4.60. The van der Waals surface area contributed by atoms with Crippen molar-refractivity contribution in [2.24, 2.45) is 5.92 Å². The summed E-state index contributed by atoms with van der Waals surface area (Å²) in [7, 11) is 0. The highest BCUT2D eigenvalue weighted by Crippen LogP contribution is 2.42. The first-order valence-corrected chi connectivity index (χ1v) is 8.02. The SMILES string of the molecule is CCOC1(c2noc([C@H]3C[C@@H](O)CN3)n2)CCCC(C)C1. The first-order chi connectivity index (χ1) is 10.1. The Morgan fingerprint density at radius 3 is 3.05 bits per heavy atom. The molecule has 1 aliphatic carbocycles. The fourth-order valence-electron chi connectivity index (χ4n) is 3.65. The van der Waals surface area contributed by atoms with E-state index in [0.717, 1.165) is 19.3 Å². The molecule has 1 saturated heterocycles. The topological polar surface area (TPSA) is 80.4 Å². The highest BCUT2D eigenvalue weighted by atomic mass is 16.5. The quantitative estimate of drug-likeness (QED) is 0.883. The van der Waals surface area contributed by atoms with E-state index < -0.39 is 5.60 Å². The number of aromatic nitrogens is 2. The lowest BCUT2D eigenvalue weighted by molar-refractivity contribution is -0.0891. The van der Waals surface area contributed by atoms with Gasteiger partial charge in [0.25, 0.3) is 0 Å². The number of β-amino-alcohol motifs (C(OH)–C–C–N with tert-alkyl or cyclic N) is 1. The Morgan fingerprint density at radius 2 is 2.38 bits per heavy atom. The van der Waals surface area contributed by atoms with Crippen LogP contribution >= 0.6 is 0 Å². The molecule has 2 N–H and O–H groups in total. The summed E-state index contributed by atoms with van der Waals surface area (Å²) in [5, 5.41) is 17.0. The van der Waals surface area contributed by atoms with Gasteiger partial charge in [-0.25, -0.2) is 0 Å². The smallest absolute Gasteiger partial charge is 0.243 e. The number of nitrogens with one attached hydrogen (secondary N) is 1. The van der Waals surface area contributed by atoms with E-state index in [0.29, 0.717) is 37.2 Å². The predicted molar refractivity (Wildman–Crippen MR) is 76.6 cm³/mol. The van der Waals surface area contributed by atoms with E-state index in [2.05, 4.69) is 22.4 Å². The van der Waals surface area contributed by atoms with E-state index in [-0.39, 0.29) is 12.1 Å². The highest BCUT2D eigenvalue weighted by Gasteiger charge is 2.42. The van der Waals surface area contributed by atoms with Crippen LogP contribution < -0.4 is 5.32 Å². The molecule has 0 aromatic carbocycles. The summed E-state index contributed by atoms with van der Waals surface area (Å²) in [6.07, 6.45) is 4.55. The van der Waals surface area contributed by atoms with Crippen LogP contribution in [0.2, 0.25) is 0 Å². The minimum absolute atomic E-state index is 0.0408. The average Bonchev–Trinajstić information content (AvgIpc) is 3.07. The van der Waals surface area contributed by atoms with Crippen LogP contribution in [0.3, 0.4) is 0 Å². The Bertz CT molecular complexity index is 474. The van der Waals surface area contributed by atoms with Crippen molar-refractivity contribution >= 4 is 0 Å². The third-order valence-electron chi connectivity index (χ3n) is 4.63. The Morgan fingerprint density at radius 1 is 1.52 bits per heavy atom. The standard InChI is InChI=1S/C15H25N3O3/c1-3-20-15(6-4-5-10(2)8-15)14-17-13(21-18-14)12-7-11(19)9-16-12/h10-12,16,19H,3-9H2,1-2H3/t10?,11-,12-,15?/m1/s1. The lowest BCUT2D eigenvalue weighted by Gasteiger charge is -2.37. The zero-order valence-electron chi connectivity index (χ0n) is 12.8. The van der Waals surface area contributed by atoms with Crippen molar-refractivity contribution in [3.63, 3.8) is 0 Å². The molecule has 1 aliphatic heterocycles. The Labute approximate surface area is 125 Å². The van der Waals surface area contributed by atoms with E-state index in [9.17, 15) is 5.11 Å². The number of aliphatic hydroxyl groups is 1. The van der Waals surface area contributed by atoms with Crippen LogP contribution in [0, 0.1) is 5.92 Å². The van der Waals surface area contributed by atoms with Gasteiger partial charge in [0.1, 0.15) is 5.60 Å². The molecule has 21 heavy (non-hydrogen) atoms. The number of hydrogen-bond acceptors (Lipinski definition) is 6. The van der Waals surface area contributed by atoms with Gasteiger partial charge >= 0.3 is 0 Å². The molecule has 2 unspecified atom stereocenters. The van der Waals surface area contributed by atoms with Crippen LogP contribution in [0.5, 0.6) is 0 Å². The third kappa shape index (κ3) is 2.98. The maximum Gasteiger partial charge on any atom is 0.243 e. The van der Waals surface area contributed by atoms with Crippen molar-refractivity contribution in [1.82, 2.24) is 15.5 Å². The number of hydrogen-bond donors (Lipinski definition) is 2. The molecule has 4 atom stereocenters. The number of nitrogens with zero attached hydrogens (tertiary/aromatic N) is 2. The van der Waals surface area contributed by atoms with Gasteiger partial charge in [0.05, 0.1) is 12.1 Å². The second-order valence-electron chi connectivity index (χ2n) is 6.44. The third-order valence-corrected chi connectivity index (χ3v) is 4.63. The van der Waals surface area contributed by atoms with Gasteiger partial charge in [0.2, 0.25) is 11.7 Å². The van der Waals surface area contributed by atoms with Gasteiger partial charge in [-0.2, -0.15) is 4.98 Å². The summed E-state index contributed by atoms with van der Waals surface area (Å²) in [6.45, 7) is 5.49. The molecule has 2 fully saturated rings. The van der Waals surface area contributed by atoms with Gasteiger partial charge in [0.15, 0.2) is 0 Å². The van der Waals surface area contributed by atoms with Crippen LogP contribution in [-0.2, 0) is 10.3 Å². The minimum Gasteiger partial charge on any atom is -0.392 e. The molecular formula is C15H25N3O3. The molecule has 0 amide bonds. The minimum atomic E-state index is -0.397. The molecular weight excluding hydrogens is 270 g/mol. The second kappa shape index (κ2) is 6.02. The van der Waals surface area contributed by atoms with Gasteiger partial charge < -0.3 is 19.7 Å². The van der Waals surface area contributed by atoms with E-state index in [4.69, 9.17) is 9.26 Å². The van der Waals surface area contributed by atoms with Crippen molar-refractivity contribution in [2.75, 3.05) is 13.2 Å². The van der Waals surface area contributed by atoms with Crippen molar-refractivity contribution in [3.05, 3.63) is 11.7 Å². The Hall–Kier alpha value is -0.980. The second-order valence-corrected chi connectivity index (χ2v) is 6.44. The Kier molecular flexibility index (Phi) is 4.28. The summed E-state index contributed by atoms with van der Waals surface area (Å²) in [6, 6.07) is -0.0408. The lowest BCUT2D eigenvalue weighted by atomic mass is 9.78. The largest absolute Gasteiger partial charge is 0.392 e. The molecule has 2 aliphatic rings. The highest BCUT2D eigenvalue weighted by molar-refractivity contribution is 5.07. The molecule has 0 radical (unpaired) electrons. The van der Waals surface area contributed by atoms with Crippen LogP contribution in [0.15, 0.2) is 4.52 Å². The molecule has 0 spiro atoms. The van der Waals surface area contributed by atoms with Gasteiger partial charge in [-0.3, -0.25) is 0 Å². The Balaban J connectivity index is 1.81. The summed E-state index contributed by atoms with van der Waals surface area (Å²) in [5.41, 5.74) is -0.397. The molecule has 6 heteroatoms. The normalized spacial score (nSPS) is 37.0.